The summed E-state index contributed by atoms with van der Waals surface area (Å²) in [6.45, 7) is 1.49. The molecule has 0 aliphatic carbocycles. The summed E-state index contributed by atoms with van der Waals surface area (Å²) in [7, 11) is 0. The number of benzene rings is 1. The summed E-state index contributed by atoms with van der Waals surface area (Å²) in [4.78, 5) is 13.4. The summed E-state index contributed by atoms with van der Waals surface area (Å²) in [5, 5.41) is 0.968. The molecule has 1 aromatic carbocycles. The summed E-state index contributed by atoms with van der Waals surface area (Å²) in [6, 6.07) is 7.76. The molecule has 1 aromatic rings. The van der Waals surface area contributed by atoms with Crippen molar-refractivity contribution in [3.05, 3.63) is 34.9 Å². The van der Waals surface area contributed by atoms with E-state index in [1.165, 1.54) is 0 Å². The van der Waals surface area contributed by atoms with Crippen LogP contribution in [-0.2, 0) is 11.2 Å². The van der Waals surface area contributed by atoms with Gasteiger partial charge in [-0.1, -0.05) is 29.8 Å². The number of carbonyl (C=O) groups is 1. The van der Waals surface area contributed by atoms with Gasteiger partial charge in [0.25, 0.3) is 0 Å². The maximum absolute atomic E-state index is 11.5. The Morgan fingerprint density at radius 3 is 2.81 bits per heavy atom. The van der Waals surface area contributed by atoms with Crippen molar-refractivity contribution in [3.8, 4) is 0 Å². The Balaban J connectivity index is 1.93. The predicted octanol–water partition coefficient (Wildman–Crippen LogP) is 2.41. The van der Waals surface area contributed by atoms with Gasteiger partial charge in [0.15, 0.2) is 0 Å². The maximum Gasteiger partial charge on any atom is 0.223 e. The van der Waals surface area contributed by atoms with E-state index in [4.69, 9.17) is 11.6 Å². The van der Waals surface area contributed by atoms with E-state index in [0.29, 0.717) is 6.42 Å². The normalized spacial score (nSPS) is 20.5. The summed E-state index contributed by atoms with van der Waals surface area (Å²) in [5.41, 5.74) is 1.10. The highest BCUT2D eigenvalue weighted by atomic mass is 35.5. The van der Waals surface area contributed by atoms with Crippen LogP contribution in [0.5, 0.6) is 0 Å². The number of likely N-dealkylation sites (tertiary alicyclic amines) is 1. The highest BCUT2D eigenvalue weighted by Crippen LogP contribution is 2.19. The number of thiol groups is 1. The summed E-state index contributed by atoms with van der Waals surface area (Å²) in [5.74, 6) is 0.201. The molecule has 0 spiro atoms. The zero-order valence-corrected chi connectivity index (χ0v) is 10.5. The number of nitrogens with zero attached hydrogens (tertiary/aromatic N) is 1. The minimum absolute atomic E-state index is 0.193. The van der Waals surface area contributed by atoms with Gasteiger partial charge in [-0.15, -0.1) is 0 Å². The molecular weight excluding hydrogens is 242 g/mol. The van der Waals surface area contributed by atoms with E-state index < -0.39 is 0 Å². The van der Waals surface area contributed by atoms with Crippen molar-refractivity contribution in [2.45, 2.75) is 18.1 Å². The van der Waals surface area contributed by atoms with Gasteiger partial charge in [-0.05, 0) is 18.1 Å². The van der Waals surface area contributed by atoms with Crippen molar-refractivity contribution >= 4 is 30.1 Å². The Morgan fingerprint density at radius 2 is 2.19 bits per heavy atom. The molecule has 2 nitrogen and oxygen atoms in total. The van der Waals surface area contributed by atoms with Crippen LogP contribution in [0.2, 0.25) is 5.02 Å². The van der Waals surface area contributed by atoms with Gasteiger partial charge in [0.1, 0.15) is 0 Å². The van der Waals surface area contributed by atoms with E-state index in [1.807, 2.05) is 29.2 Å². The van der Waals surface area contributed by atoms with Crippen molar-refractivity contribution in [3.63, 3.8) is 0 Å². The molecule has 1 amide bonds. The lowest BCUT2D eigenvalue weighted by Crippen LogP contribution is -2.27. The second-order valence-corrected chi connectivity index (χ2v) is 5.18. The largest absolute Gasteiger partial charge is 0.341 e. The first-order valence-corrected chi connectivity index (χ1v) is 6.25. The van der Waals surface area contributed by atoms with E-state index >= 15 is 0 Å². The van der Waals surface area contributed by atoms with Crippen LogP contribution in [0.25, 0.3) is 0 Å². The third kappa shape index (κ3) is 2.71. The van der Waals surface area contributed by atoms with Gasteiger partial charge in [0.2, 0.25) is 5.91 Å². The molecule has 0 saturated carbocycles. The van der Waals surface area contributed by atoms with Gasteiger partial charge in [0, 0.05) is 29.8 Å². The highest BCUT2D eigenvalue weighted by molar-refractivity contribution is 7.81. The Kier molecular flexibility index (Phi) is 3.77. The lowest BCUT2D eigenvalue weighted by molar-refractivity contribution is -0.127. The van der Waals surface area contributed by atoms with Gasteiger partial charge < -0.3 is 4.90 Å². The number of carbonyl (C=O) groups excluding carboxylic acids is 1. The van der Waals surface area contributed by atoms with E-state index in [9.17, 15) is 4.79 Å². The topological polar surface area (TPSA) is 20.3 Å². The van der Waals surface area contributed by atoms with Crippen molar-refractivity contribution < 1.29 is 4.79 Å². The summed E-state index contributed by atoms with van der Waals surface area (Å²) >= 11 is 10.4. The smallest absolute Gasteiger partial charge is 0.223 e. The molecule has 2 rings (SSSR count). The number of amides is 1. The predicted molar refractivity (Wildman–Crippen MR) is 69.1 cm³/mol. The first-order valence-electron chi connectivity index (χ1n) is 5.36. The molecule has 0 radical (unpaired) electrons. The van der Waals surface area contributed by atoms with E-state index in [1.54, 1.807) is 0 Å². The van der Waals surface area contributed by atoms with Crippen LogP contribution < -0.4 is 0 Å². The van der Waals surface area contributed by atoms with Crippen molar-refractivity contribution in [2.75, 3.05) is 13.1 Å². The molecule has 1 heterocycles. The lowest BCUT2D eigenvalue weighted by atomic mass is 10.1. The SMILES string of the molecule is O=C1CC(S)CN1CCc1ccccc1Cl. The first kappa shape index (κ1) is 11.8. The second-order valence-electron chi connectivity index (χ2n) is 4.04. The molecule has 1 aliphatic heterocycles. The fourth-order valence-electron chi connectivity index (χ4n) is 1.92. The third-order valence-corrected chi connectivity index (χ3v) is 3.52. The summed E-state index contributed by atoms with van der Waals surface area (Å²) < 4.78 is 0. The first-order chi connectivity index (χ1) is 7.66. The number of hydrogen-bond donors (Lipinski definition) is 1. The molecular formula is C12H14ClNOS. The standard InChI is InChI=1S/C12H14ClNOS/c13-11-4-2-1-3-9(11)5-6-14-8-10(16)7-12(14)15/h1-4,10,16H,5-8H2. The van der Waals surface area contributed by atoms with Gasteiger partial charge in [-0.3, -0.25) is 4.79 Å². The van der Waals surface area contributed by atoms with Gasteiger partial charge in [-0.2, -0.15) is 12.6 Å². The zero-order chi connectivity index (χ0) is 11.5. The van der Waals surface area contributed by atoms with E-state index in [-0.39, 0.29) is 11.2 Å². The van der Waals surface area contributed by atoms with Crippen LogP contribution >= 0.6 is 24.2 Å². The molecule has 86 valence electrons. The van der Waals surface area contributed by atoms with Crippen molar-refractivity contribution in [1.29, 1.82) is 0 Å². The van der Waals surface area contributed by atoms with Crippen molar-refractivity contribution in [2.24, 2.45) is 0 Å². The quantitative estimate of drug-likeness (QED) is 0.823. The van der Waals surface area contributed by atoms with E-state index in [2.05, 4.69) is 12.6 Å². The number of halogens is 1. The minimum Gasteiger partial charge on any atom is -0.341 e. The lowest BCUT2D eigenvalue weighted by Gasteiger charge is -2.16. The molecule has 1 atom stereocenters. The average Bonchev–Trinajstić information content (AvgIpc) is 2.56. The van der Waals surface area contributed by atoms with Crippen LogP contribution in [0.3, 0.4) is 0 Å². The fourth-order valence-corrected chi connectivity index (χ4v) is 2.51. The van der Waals surface area contributed by atoms with Crippen LogP contribution in [-0.4, -0.2) is 29.1 Å². The minimum atomic E-state index is 0.193. The number of hydrogen-bond acceptors (Lipinski definition) is 2. The molecule has 1 aliphatic rings. The zero-order valence-electron chi connectivity index (χ0n) is 8.90. The average molecular weight is 256 g/mol. The monoisotopic (exact) mass is 255 g/mol. The van der Waals surface area contributed by atoms with Gasteiger partial charge in [0.05, 0.1) is 0 Å². The summed E-state index contributed by atoms with van der Waals surface area (Å²) in [6.07, 6.45) is 1.37. The Labute approximate surface area is 106 Å². The molecule has 4 heteroatoms. The molecule has 16 heavy (non-hydrogen) atoms. The Morgan fingerprint density at radius 1 is 1.44 bits per heavy atom. The van der Waals surface area contributed by atoms with Crippen LogP contribution in [0, 0.1) is 0 Å². The van der Waals surface area contributed by atoms with Crippen molar-refractivity contribution in [1.82, 2.24) is 4.90 Å². The number of rotatable bonds is 3. The second kappa shape index (κ2) is 5.11. The van der Waals surface area contributed by atoms with Crippen LogP contribution in [0.15, 0.2) is 24.3 Å². The molecule has 1 unspecified atom stereocenters. The molecule has 0 bridgehead atoms. The molecule has 0 aromatic heterocycles. The van der Waals surface area contributed by atoms with E-state index in [0.717, 1.165) is 30.1 Å². The van der Waals surface area contributed by atoms with Gasteiger partial charge in [-0.25, -0.2) is 0 Å². The molecule has 1 fully saturated rings. The third-order valence-electron chi connectivity index (χ3n) is 2.80. The molecule has 1 saturated heterocycles. The molecule has 0 N–H and O–H groups in total. The van der Waals surface area contributed by atoms with Crippen LogP contribution in [0.1, 0.15) is 12.0 Å². The van der Waals surface area contributed by atoms with Gasteiger partial charge >= 0.3 is 0 Å². The highest BCUT2D eigenvalue weighted by Gasteiger charge is 2.26. The Bertz CT molecular complexity index is 396. The maximum atomic E-state index is 11.5. The van der Waals surface area contributed by atoms with Crippen LogP contribution in [0.4, 0.5) is 0 Å². The Hall–Kier alpha value is -0.670. The fraction of sp³-hybridized carbons (Fsp3) is 0.417.